The van der Waals surface area contributed by atoms with E-state index in [2.05, 4.69) is 12.6 Å². The number of carbonyl (C=O) groups excluding carboxylic acids is 1. The van der Waals surface area contributed by atoms with Crippen LogP contribution in [0.4, 0.5) is 0 Å². The largest absolute Gasteiger partial charge is 0.426 e. The molecule has 0 aromatic heterocycles. The van der Waals surface area contributed by atoms with Crippen molar-refractivity contribution in [2.24, 2.45) is 5.92 Å². The van der Waals surface area contributed by atoms with Crippen molar-refractivity contribution in [1.82, 2.24) is 0 Å². The van der Waals surface area contributed by atoms with Gasteiger partial charge in [0.25, 0.3) is 0 Å². The molecule has 0 saturated heterocycles. The quantitative estimate of drug-likeness (QED) is 0.455. The van der Waals surface area contributed by atoms with Gasteiger partial charge in [0.05, 0.1) is 5.92 Å². The molecule has 0 radical (unpaired) electrons. The highest BCUT2D eigenvalue weighted by Crippen LogP contribution is 2.11. The second kappa shape index (κ2) is 4.92. The summed E-state index contributed by atoms with van der Waals surface area (Å²) in [5.41, 5.74) is 0. The smallest absolute Gasteiger partial charge is 0.314 e. The highest BCUT2D eigenvalue weighted by molar-refractivity contribution is 7.80. The minimum atomic E-state index is -0.235. The molecule has 2 nitrogen and oxygen atoms in total. The van der Waals surface area contributed by atoms with E-state index in [0.29, 0.717) is 11.5 Å². The van der Waals surface area contributed by atoms with Gasteiger partial charge in [0, 0.05) is 5.75 Å². The van der Waals surface area contributed by atoms with E-state index >= 15 is 0 Å². The number of esters is 1. The summed E-state index contributed by atoms with van der Waals surface area (Å²) in [4.78, 5) is 11.3. The minimum absolute atomic E-state index is 0.163. The Labute approximate surface area is 83.3 Å². The third-order valence-electron chi connectivity index (χ3n) is 1.64. The second-order valence-corrected chi connectivity index (χ2v) is 3.18. The molecule has 0 aliphatic heterocycles. The summed E-state index contributed by atoms with van der Waals surface area (Å²) >= 11 is 4.02. The van der Waals surface area contributed by atoms with Gasteiger partial charge in [-0.15, -0.1) is 0 Å². The van der Waals surface area contributed by atoms with Gasteiger partial charge in [0.1, 0.15) is 5.75 Å². The molecule has 0 spiro atoms. The zero-order valence-electron chi connectivity index (χ0n) is 7.43. The van der Waals surface area contributed by atoms with Gasteiger partial charge in [-0.3, -0.25) is 4.79 Å². The van der Waals surface area contributed by atoms with Gasteiger partial charge in [-0.1, -0.05) is 25.1 Å². The Morgan fingerprint density at radius 3 is 2.62 bits per heavy atom. The molecule has 1 rings (SSSR count). The van der Waals surface area contributed by atoms with Crippen molar-refractivity contribution >= 4 is 18.6 Å². The summed E-state index contributed by atoms with van der Waals surface area (Å²) in [6.07, 6.45) is 0. The van der Waals surface area contributed by atoms with Gasteiger partial charge in [0.2, 0.25) is 0 Å². The van der Waals surface area contributed by atoms with Crippen LogP contribution < -0.4 is 4.74 Å². The molecule has 0 aliphatic rings. The van der Waals surface area contributed by atoms with Gasteiger partial charge < -0.3 is 4.74 Å². The zero-order chi connectivity index (χ0) is 9.68. The van der Waals surface area contributed by atoms with Crippen LogP contribution in [0.25, 0.3) is 0 Å². The standard InChI is InChI=1S/C10H12O2S/c1-8(7-13)10(11)12-9-5-3-2-4-6-9/h2-6,8,13H,7H2,1H3. The number of hydrogen-bond acceptors (Lipinski definition) is 3. The van der Waals surface area contributed by atoms with Gasteiger partial charge in [-0.2, -0.15) is 12.6 Å². The summed E-state index contributed by atoms with van der Waals surface area (Å²) in [6, 6.07) is 9.04. The number of hydrogen-bond donors (Lipinski definition) is 1. The molecule has 0 heterocycles. The van der Waals surface area contributed by atoms with Crippen molar-refractivity contribution < 1.29 is 9.53 Å². The molecule has 1 unspecified atom stereocenters. The van der Waals surface area contributed by atoms with Crippen LogP contribution in [-0.4, -0.2) is 11.7 Å². The highest BCUT2D eigenvalue weighted by atomic mass is 32.1. The monoisotopic (exact) mass is 196 g/mol. The fourth-order valence-electron chi connectivity index (χ4n) is 0.780. The fourth-order valence-corrected chi connectivity index (χ4v) is 0.929. The van der Waals surface area contributed by atoms with Crippen LogP contribution in [0.2, 0.25) is 0 Å². The molecule has 0 saturated carbocycles. The van der Waals surface area contributed by atoms with E-state index in [1.807, 2.05) is 18.2 Å². The number of para-hydroxylation sites is 1. The molecule has 0 aliphatic carbocycles. The van der Waals surface area contributed by atoms with Crippen molar-refractivity contribution in [2.45, 2.75) is 6.92 Å². The predicted octanol–water partition coefficient (Wildman–Crippen LogP) is 2.16. The van der Waals surface area contributed by atoms with Crippen LogP contribution >= 0.6 is 12.6 Å². The highest BCUT2D eigenvalue weighted by Gasteiger charge is 2.12. The molecule has 3 heteroatoms. The van der Waals surface area contributed by atoms with Crippen molar-refractivity contribution in [3.05, 3.63) is 30.3 Å². The molecule has 0 fully saturated rings. The summed E-state index contributed by atoms with van der Waals surface area (Å²) in [6.45, 7) is 1.79. The first-order valence-corrected chi connectivity index (χ1v) is 4.75. The molecule has 0 bridgehead atoms. The number of benzene rings is 1. The average molecular weight is 196 g/mol. The van der Waals surface area contributed by atoms with Crippen LogP contribution in [0.3, 0.4) is 0 Å². The molecule has 13 heavy (non-hydrogen) atoms. The Morgan fingerprint density at radius 2 is 2.08 bits per heavy atom. The van der Waals surface area contributed by atoms with E-state index in [9.17, 15) is 4.79 Å². The van der Waals surface area contributed by atoms with Gasteiger partial charge in [-0.05, 0) is 12.1 Å². The predicted molar refractivity (Wildman–Crippen MR) is 55.1 cm³/mol. The van der Waals surface area contributed by atoms with Gasteiger partial charge >= 0.3 is 5.97 Å². The Morgan fingerprint density at radius 1 is 1.46 bits per heavy atom. The molecular formula is C10H12O2S. The molecule has 0 N–H and O–H groups in total. The summed E-state index contributed by atoms with van der Waals surface area (Å²) in [5.74, 6) is 0.692. The molecule has 0 amide bonds. The van der Waals surface area contributed by atoms with E-state index in [4.69, 9.17) is 4.74 Å². The lowest BCUT2D eigenvalue weighted by molar-refractivity contribution is -0.137. The van der Waals surface area contributed by atoms with Gasteiger partial charge in [0.15, 0.2) is 0 Å². The average Bonchev–Trinajstić information content (AvgIpc) is 2.18. The van der Waals surface area contributed by atoms with Crippen molar-refractivity contribution in [3.8, 4) is 5.75 Å². The number of thiol groups is 1. The van der Waals surface area contributed by atoms with E-state index in [1.165, 1.54) is 0 Å². The maximum atomic E-state index is 11.3. The maximum Gasteiger partial charge on any atom is 0.314 e. The zero-order valence-corrected chi connectivity index (χ0v) is 8.33. The first-order valence-electron chi connectivity index (χ1n) is 4.11. The lowest BCUT2D eigenvalue weighted by Crippen LogP contribution is -2.18. The first-order chi connectivity index (χ1) is 6.24. The molecular weight excluding hydrogens is 184 g/mol. The maximum absolute atomic E-state index is 11.3. The topological polar surface area (TPSA) is 26.3 Å². The lowest BCUT2D eigenvalue weighted by Gasteiger charge is -2.07. The SMILES string of the molecule is CC(CS)C(=O)Oc1ccccc1. The third kappa shape index (κ3) is 3.11. The Hall–Kier alpha value is -0.960. The second-order valence-electron chi connectivity index (χ2n) is 2.82. The molecule has 70 valence electrons. The molecule has 1 aromatic carbocycles. The van der Waals surface area contributed by atoms with Gasteiger partial charge in [-0.25, -0.2) is 0 Å². The van der Waals surface area contributed by atoms with Crippen molar-refractivity contribution in [3.63, 3.8) is 0 Å². The summed E-state index contributed by atoms with van der Waals surface area (Å²) < 4.78 is 5.08. The fraction of sp³-hybridized carbons (Fsp3) is 0.300. The summed E-state index contributed by atoms with van der Waals surface area (Å²) in [7, 11) is 0. The first kappa shape index (κ1) is 10.1. The molecule has 1 atom stereocenters. The number of ether oxygens (including phenoxy) is 1. The van der Waals surface area contributed by atoms with Crippen LogP contribution in [0.1, 0.15) is 6.92 Å². The Bertz CT molecular complexity index is 272. The van der Waals surface area contributed by atoms with Crippen molar-refractivity contribution in [2.75, 3.05) is 5.75 Å². The van der Waals surface area contributed by atoms with Crippen LogP contribution in [0.5, 0.6) is 5.75 Å². The van der Waals surface area contributed by atoms with Crippen LogP contribution in [0.15, 0.2) is 30.3 Å². The lowest BCUT2D eigenvalue weighted by atomic mass is 10.2. The summed E-state index contributed by atoms with van der Waals surface area (Å²) in [5, 5.41) is 0. The Balaban J connectivity index is 2.55. The van der Waals surface area contributed by atoms with E-state index < -0.39 is 0 Å². The van der Waals surface area contributed by atoms with E-state index in [-0.39, 0.29) is 11.9 Å². The number of rotatable bonds is 3. The molecule has 1 aromatic rings. The minimum Gasteiger partial charge on any atom is -0.426 e. The van der Waals surface area contributed by atoms with Crippen LogP contribution in [0, 0.1) is 5.92 Å². The van der Waals surface area contributed by atoms with E-state index in [1.54, 1.807) is 19.1 Å². The van der Waals surface area contributed by atoms with E-state index in [0.717, 1.165) is 0 Å². The number of carbonyl (C=O) groups is 1. The normalized spacial score (nSPS) is 12.2. The van der Waals surface area contributed by atoms with Crippen molar-refractivity contribution in [1.29, 1.82) is 0 Å². The Kier molecular flexibility index (Phi) is 3.83. The van der Waals surface area contributed by atoms with Crippen LogP contribution in [-0.2, 0) is 4.79 Å². The third-order valence-corrected chi connectivity index (χ3v) is 2.19.